The number of amides is 4. The van der Waals surface area contributed by atoms with E-state index in [2.05, 4.69) is 12.2 Å². The van der Waals surface area contributed by atoms with Crippen LogP contribution in [0.25, 0.3) is 0 Å². The van der Waals surface area contributed by atoms with Crippen LogP contribution in [0.15, 0.2) is 54.6 Å². The monoisotopic (exact) mass is 431 g/mol. The van der Waals surface area contributed by atoms with E-state index < -0.39 is 11.6 Å². The van der Waals surface area contributed by atoms with E-state index in [0.717, 1.165) is 40.9 Å². The fraction of sp³-hybridized carbons (Fsp3) is 0.423. The maximum atomic E-state index is 13.5. The fourth-order valence-electron chi connectivity index (χ4n) is 5.38. The van der Waals surface area contributed by atoms with Crippen LogP contribution < -0.4 is 5.32 Å². The second-order valence-electron chi connectivity index (χ2n) is 9.32. The van der Waals surface area contributed by atoms with E-state index in [1.165, 1.54) is 6.42 Å². The smallest absolute Gasteiger partial charge is 0.325 e. The van der Waals surface area contributed by atoms with Crippen LogP contribution in [0.5, 0.6) is 0 Å². The molecule has 0 aromatic heterocycles. The number of hydrogen-bond donors (Lipinski definition) is 1. The third-order valence-electron chi connectivity index (χ3n) is 7.56. The number of nitrogens with one attached hydrogen (secondary N) is 1. The molecule has 2 aromatic rings. The normalized spacial score (nSPS) is 23.1. The summed E-state index contributed by atoms with van der Waals surface area (Å²) >= 11 is 0. The zero-order chi connectivity index (χ0) is 22.3. The Bertz CT molecular complexity index is 1050. The van der Waals surface area contributed by atoms with Gasteiger partial charge in [0, 0.05) is 12.6 Å². The van der Waals surface area contributed by atoms with Crippen molar-refractivity contribution in [3.8, 4) is 0 Å². The van der Waals surface area contributed by atoms with Gasteiger partial charge in [-0.25, -0.2) is 4.79 Å². The fourth-order valence-corrected chi connectivity index (χ4v) is 5.38. The van der Waals surface area contributed by atoms with Gasteiger partial charge in [0.2, 0.25) is 5.91 Å². The summed E-state index contributed by atoms with van der Waals surface area (Å²) in [6.07, 6.45) is 4.69. The van der Waals surface area contributed by atoms with Crippen molar-refractivity contribution in [3.05, 3.63) is 71.3 Å². The molecular formula is C26H29N3O3. The third kappa shape index (κ3) is 3.38. The Morgan fingerprint density at radius 2 is 1.84 bits per heavy atom. The van der Waals surface area contributed by atoms with E-state index >= 15 is 0 Å². The lowest BCUT2D eigenvalue weighted by Gasteiger charge is -2.39. The number of benzene rings is 2. The molecule has 1 unspecified atom stereocenters. The number of hydrogen-bond acceptors (Lipinski definition) is 3. The van der Waals surface area contributed by atoms with Crippen LogP contribution in [0.4, 0.5) is 4.79 Å². The summed E-state index contributed by atoms with van der Waals surface area (Å²) in [7, 11) is 0. The minimum absolute atomic E-state index is 0.0680. The minimum Gasteiger partial charge on any atom is -0.334 e. The van der Waals surface area contributed by atoms with Crippen LogP contribution in [0.2, 0.25) is 0 Å². The van der Waals surface area contributed by atoms with Gasteiger partial charge >= 0.3 is 6.03 Å². The molecule has 4 amide bonds. The molecule has 6 nitrogen and oxygen atoms in total. The van der Waals surface area contributed by atoms with Gasteiger partial charge in [-0.05, 0) is 55.2 Å². The van der Waals surface area contributed by atoms with Crippen molar-refractivity contribution in [2.24, 2.45) is 5.92 Å². The summed E-state index contributed by atoms with van der Waals surface area (Å²) in [5.74, 6) is -0.0179. The quantitative estimate of drug-likeness (QED) is 0.711. The highest BCUT2D eigenvalue weighted by Crippen LogP contribution is 2.41. The van der Waals surface area contributed by atoms with Crippen LogP contribution in [-0.4, -0.2) is 40.2 Å². The van der Waals surface area contributed by atoms with E-state index in [-0.39, 0.29) is 24.4 Å². The molecule has 2 aromatic carbocycles. The van der Waals surface area contributed by atoms with Crippen LogP contribution in [-0.2, 0) is 28.1 Å². The first-order chi connectivity index (χ1) is 15.5. The van der Waals surface area contributed by atoms with Crippen molar-refractivity contribution in [1.29, 1.82) is 0 Å². The molecule has 2 atom stereocenters. The first-order valence-electron chi connectivity index (χ1n) is 11.6. The second kappa shape index (κ2) is 8.08. The molecule has 2 aliphatic carbocycles. The number of carbonyl (C=O) groups excluding carboxylic acids is 3. The van der Waals surface area contributed by atoms with Crippen molar-refractivity contribution < 1.29 is 14.4 Å². The average molecular weight is 432 g/mol. The Morgan fingerprint density at radius 1 is 1.12 bits per heavy atom. The van der Waals surface area contributed by atoms with Gasteiger partial charge in [0.05, 0.1) is 0 Å². The van der Waals surface area contributed by atoms with Crippen LogP contribution in [0.3, 0.4) is 0 Å². The van der Waals surface area contributed by atoms with Crippen LogP contribution in [0, 0.1) is 5.92 Å². The van der Waals surface area contributed by atoms with Crippen molar-refractivity contribution >= 4 is 17.8 Å². The SMILES string of the molecule is C[C@@H](C1CCC1)N(Cc1ccccc1)C(=O)CN1C(=O)NC2(CCc3ccccc32)C1=O. The number of carbonyl (C=O) groups is 3. The van der Waals surface area contributed by atoms with Crippen LogP contribution in [0.1, 0.15) is 49.3 Å². The Kier molecular flexibility index (Phi) is 5.24. The lowest BCUT2D eigenvalue weighted by molar-refractivity contribution is -0.142. The van der Waals surface area contributed by atoms with Gasteiger partial charge in [-0.2, -0.15) is 0 Å². The molecule has 1 N–H and O–H groups in total. The van der Waals surface area contributed by atoms with Crippen molar-refractivity contribution in [2.45, 2.75) is 57.2 Å². The molecule has 5 rings (SSSR count). The minimum atomic E-state index is -1.03. The Labute approximate surface area is 188 Å². The first kappa shape index (κ1) is 20.7. The summed E-state index contributed by atoms with van der Waals surface area (Å²) in [6.45, 7) is 2.35. The number of fused-ring (bicyclic) bond motifs is 2. The Morgan fingerprint density at radius 3 is 2.56 bits per heavy atom. The molecular weight excluding hydrogens is 402 g/mol. The van der Waals surface area contributed by atoms with E-state index in [1.807, 2.05) is 59.5 Å². The molecule has 1 saturated heterocycles. The molecule has 1 spiro atoms. The summed E-state index contributed by atoms with van der Waals surface area (Å²) < 4.78 is 0. The highest BCUT2D eigenvalue weighted by Gasteiger charge is 2.55. The predicted octanol–water partition coefficient (Wildman–Crippen LogP) is 3.60. The highest BCUT2D eigenvalue weighted by molar-refractivity contribution is 6.09. The maximum Gasteiger partial charge on any atom is 0.325 e. The molecule has 0 radical (unpaired) electrons. The van der Waals surface area contributed by atoms with Gasteiger partial charge in [-0.15, -0.1) is 0 Å². The lowest BCUT2D eigenvalue weighted by Crippen LogP contribution is -2.49. The molecule has 3 aliphatic rings. The highest BCUT2D eigenvalue weighted by atomic mass is 16.2. The number of aryl methyl sites for hydroxylation is 1. The summed E-state index contributed by atoms with van der Waals surface area (Å²) in [4.78, 5) is 42.8. The number of urea groups is 1. The summed E-state index contributed by atoms with van der Waals surface area (Å²) in [5, 5.41) is 2.92. The van der Waals surface area contributed by atoms with Crippen molar-refractivity contribution in [1.82, 2.24) is 15.1 Å². The van der Waals surface area contributed by atoms with Crippen molar-refractivity contribution in [2.75, 3.05) is 6.54 Å². The second-order valence-corrected chi connectivity index (χ2v) is 9.32. The van der Waals surface area contributed by atoms with E-state index in [0.29, 0.717) is 18.9 Å². The molecule has 2 fully saturated rings. The molecule has 166 valence electrons. The van der Waals surface area contributed by atoms with Crippen molar-refractivity contribution in [3.63, 3.8) is 0 Å². The van der Waals surface area contributed by atoms with Gasteiger partial charge in [0.25, 0.3) is 5.91 Å². The zero-order valence-corrected chi connectivity index (χ0v) is 18.4. The Hall–Kier alpha value is -3.15. The molecule has 1 saturated carbocycles. The summed E-state index contributed by atoms with van der Waals surface area (Å²) in [6, 6.07) is 17.2. The van der Waals surface area contributed by atoms with Gasteiger partial charge in [-0.3, -0.25) is 14.5 Å². The zero-order valence-electron chi connectivity index (χ0n) is 18.4. The number of imide groups is 1. The Balaban J connectivity index is 1.37. The third-order valence-corrected chi connectivity index (χ3v) is 7.56. The molecule has 1 heterocycles. The molecule has 6 heteroatoms. The largest absolute Gasteiger partial charge is 0.334 e. The number of rotatable bonds is 6. The van der Waals surface area contributed by atoms with Gasteiger partial charge in [-0.1, -0.05) is 61.0 Å². The molecule has 0 bridgehead atoms. The topological polar surface area (TPSA) is 69.7 Å². The lowest BCUT2D eigenvalue weighted by atomic mass is 9.79. The van der Waals surface area contributed by atoms with Gasteiger partial charge in [0.15, 0.2) is 0 Å². The van der Waals surface area contributed by atoms with Gasteiger partial charge in [0.1, 0.15) is 12.1 Å². The van der Waals surface area contributed by atoms with Crippen LogP contribution >= 0.6 is 0 Å². The average Bonchev–Trinajstić information content (AvgIpc) is 3.24. The molecule has 32 heavy (non-hydrogen) atoms. The standard InChI is InChI=1S/C26H29N3O3/c1-18(20-11-7-12-20)28(16-19-8-3-2-4-9-19)23(30)17-29-24(31)26(27-25(29)32)15-14-21-10-5-6-13-22(21)26/h2-6,8-10,13,18,20H,7,11-12,14-17H2,1H3,(H,27,32)/t18-,26?/m0/s1. The summed E-state index contributed by atoms with van der Waals surface area (Å²) in [5.41, 5.74) is 1.96. The molecule has 1 aliphatic heterocycles. The first-order valence-corrected chi connectivity index (χ1v) is 11.6. The van der Waals surface area contributed by atoms with E-state index in [9.17, 15) is 14.4 Å². The maximum absolute atomic E-state index is 13.5. The van der Waals surface area contributed by atoms with E-state index in [4.69, 9.17) is 0 Å². The van der Waals surface area contributed by atoms with Gasteiger partial charge < -0.3 is 10.2 Å². The predicted molar refractivity (Wildman–Crippen MR) is 120 cm³/mol. The van der Waals surface area contributed by atoms with E-state index in [1.54, 1.807) is 0 Å². The number of nitrogens with zero attached hydrogens (tertiary/aromatic N) is 2.